The average Bonchev–Trinajstić information content (AvgIpc) is 2.39. The van der Waals surface area contributed by atoms with E-state index in [9.17, 15) is 0 Å². The SMILES string of the molecule is COc1cc(C(N)C(N)CO)c(OC)c(C)c1C. The second-order valence-corrected chi connectivity index (χ2v) is 4.32. The van der Waals surface area contributed by atoms with Crippen molar-refractivity contribution in [3.63, 3.8) is 0 Å². The van der Waals surface area contributed by atoms with Gasteiger partial charge in [0.15, 0.2) is 0 Å². The quantitative estimate of drug-likeness (QED) is 0.717. The molecule has 5 N–H and O–H groups in total. The summed E-state index contributed by atoms with van der Waals surface area (Å²) in [5.74, 6) is 1.44. The van der Waals surface area contributed by atoms with Crippen LogP contribution in [-0.4, -0.2) is 32.0 Å². The Balaban J connectivity index is 3.37. The fourth-order valence-electron chi connectivity index (χ4n) is 1.96. The third kappa shape index (κ3) is 2.58. The van der Waals surface area contributed by atoms with Gasteiger partial charge in [-0.05, 0) is 31.0 Å². The number of aliphatic hydroxyl groups excluding tert-OH is 1. The Hall–Kier alpha value is -1.30. The number of rotatable bonds is 5. The van der Waals surface area contributed by atoms with Gasteiger partial charge in [-0.25, -0.2) is 0 Å². The molecule has 0 amide bonds. The van der Waals surface area contributed by atoms with Gasteiger partial charge in [-0.3, -0.25) is 0 Å². The van der Waals surface area contributed by atoms with Gasteiger partial charge in [-0.2, -0.15) is 0 Å². The molecule has 0 saturated heterocycles. The molecule has 0 bridgehead atoms. The number of aliphatic hydroxyl groups is 1. The minimum atomic E-state index is -0.536. The Kier molecular flexibility index (Phi) is 4.95. The molecule has 5 heteroatoms. The van der Waals surface area contributed by atoms with Crippen LogP contribution in [0.3, 0.4) is 0 Å². The summed E-state index contributed by atoms with van der Waals surface area (Å²) in [4.78, 5) is 0. The van der Waals surface area contributed by atoms with E-state index in [1.165, 1.54) is 0 Å². The molecule has 2 atom stereocenters. The van der Waals surface area contributed by atoms with E-state index in [1.807, 2.05) is 19.9 Å². The summed E-state index contributed by atoms with van der Waals surface area (Å²) >= 11 is 0. The lowest BCUT2D eigenvalue weighted by Gasteiger charge is -2.23. The molecular weight excluding hydrogens is 232 g/mol. The number of benzene rings is 1. The number of methoxy groups -OCH3 is 2. The van der Waals surface area contributed by atoms with Crippen molar-refractivity contribution in [3.8, 4) is 11.5 Å². The molecule has 0 radical (unpaired) electrons. The molecular formula is C13H22N2O3. The number of ether oxygens (including phenoxy) is 2. The zero-order valence-electron chi connectivity index (χ0n) is 11.4. The van der Waals surface area contributed by atoms with Crippen molar-refractivity contribution in [1.82, 2.24) is 0 Å². The Morgan fingerprint density at radius 3 is 2.22 bits per heavy atom. The smallest absolute Gasteiger partial charge is 0.127 e. The largest absolute Gasteiger partial charge is 0.496 e. The summed E-state index contributed by atoms with van der Waals surface area (Å²) in [5, 5.41) is 9.10. The molecule has 0 aromatic heterocycles. The minimum absolute atomic E-state index is 0.181. The normalized spacial score (nSPS) is 14.2. The van der Waals surface area contributed by atoms with Crippen LogP contribution in [0.5, 0.6) is 11.5 Å². The van der Waals surface area contributed by atoms with Crippen molar-refractivity contribution < 1.29 is 14.6 Å². The highest BCUT2D eigenvalue weighted by molar-refractivity contribution is 5.54. The number of hydrogen-bond acceptors (Lipinski definition) is 5. The second kappa shape index (κ2) is 6.04. The summed E-state index contributed by atoms with van der Waals surface area (Å²) in [7, 11) is 3.20. The van der Waals surface area contributed by atoms with Crippen LogP contribution in [0, 0.1) is 13.8 Å². The maximum atomic E-state index is 9.10. The topological polar surface area (TPSA) is 90.7 Å². The number of nitrogens with two attached hydrogens (primary N) is 2. The monoisotopic (exact) mass is 254 g/mol. The second-order valence-electron chi connectivity index (χ2n) is 4.32. The zero-order valence-corrected chi connectivity index (χ0v) is 11.4. The van der Waals surface area contributed by atoms with E-state index in [2.05, 4.69) is 0 Å². The van der Waals surface area contributed by atoms with E-state index in [1.54, 1.807) is 14.2 Å². The Labute approximate surface area is 108 Å². The van der Waals surface area contributed by atoms with Crippen molar-refractivity contribution in [3.05, 3.63) is 22.8 Å². The fourth-order valence-corrected chi connectivity index (χ4v) is 1.96. The molecule has 1 aromatic carbocycles. The summed E-state index contributed by atoms with van der Waals surface area (Å²) in [6, 6.07) is 0.783. The molecule has 0 spiro atoms. The Morgan fingerprint density at radius 2 is 1.78 bits per heavy atom. The van der Waals surface area contributed by atoms with E-state index < -0.39 is 12.1 Å². The number of hydrogen-bond donors (Lipinski definition) is 3. The first kappa shape index (κ1) is 14.8. The van der Waals surface area contributed by atoms with E-state index in [0.29, 0.717) is 5.75 Å². The molecule has 5 nitrogen and oxygen atoms in total. The highest BCUT2D eigenvalue weighted by Crippen LogP contribution is 2.36. The first-order chi connectivity index (χ1) is 8.47. The van der Waals surface area contributed by atoms with Crippen LogP contribution in [0.1, 0.15) is 22.7 Å². The predicted molar refractivity (Wildman–Crippen MR) is 71.0 cm³/mol. The minimum Gasteiger partial charge on any atom is -0.496 e. The van der Waals surface area contributed by atoms with E-state index in [0.717, 1.165) is 22.4 Å². The lowest BCUT2D eigenvalue weighted by molar-refractivity contribution is 0.248. The predicted octanol–water partition coefficient (Wildman–Crippen LogP) is 0.640. The fraction of sp³-hybridized carbons (Fsp3) is 0.538. The Morgan fingerprint density at radius 1 is 1.17 bits per heavy atom. The third-order valence-electron chi connectivity index (χ3n) is 3.28. The van der Waals surface area contributed by atoms with Crippen LogP contribution >= 0.6 is 0 Å². The molecule has 2 unspecified atom stereocenters. The van der Waals surface area contributed by atoms with Crippen molar-refractivity contribution in [1.29, 1.82) is 0 Å². The molecule has 0 saturated carbocycles. The van der Waals surface area contributed by atoms with Gasteiger partial charge in [0, 0.05) is 11.6 Å². The molecule has 0 aliphatic heterocycles. The zero-order chi connectivity index (χ0) is 13.9. The van der Waals surface area contributed by atoms with Gasteiger partial charge in [0.25, 0.3) is 0 Å². The van der Waals surface area contributed by atoms with Crippen LogP contribution in [0.4, 0.5) is 0 Å². The summed E-state index contributed by atoms with van der Waals surface area (Å²) in [5.41, 5.74) is 14.5. The van der Waals surface area contributed by atoms with E-state index in [4.69, 9.17) is 26.0 Å². The lowest BCUT2D eigenvalue weighted by Crippen LogP contribution is -2.37. The molecule has 1 rings (SSSR count). The molecule has 0 aliphatic rings. The van der Waals surface area contributed by atoms with Crippen LogP contribution in [-0.2, 0) is 0 Å². The van der Waals surface area contributed by atoms with Gasteiger partial charge < -0.3 is 26.0 Å². The maximum Gasteiger partial charge on any atom is 0.127 e. The molecule has 0 heterocycles. The first-order valence-corrected chi connectivity index (χ1v) is 5.82. The van der Waals surface area contributed by atoms with Crippen LogP contribution in [0.2, 0.25) is 0 Å². The van der Waals surface area contributed by atoms with Gasteiger partial charge in [-0.1, -0.05) is 0 Å². The molecule has 0 aliphatic carbocycles. The lowest BCUT2D eigenvalue weighted by atomic mass is 9.95. The van der Waals surface area contributed by atoms with Gasteiger partial charge in [0.05, 0.1) is 26.9 Å². The van der Waals surface area contributed by atoms with Crippen LogP contribution < -0.4 is 20.9 Å². The van der Waals surface area contributed by atoms with Gasteiger partial charge in [-0.15, -0.1) is 0 Å². The highest BCUT2D eigenvalue weighted by Gasteiger charge is 2.22. The molecule has 102 valence electrons. The van der Waals surface area contributed by atoms with E-state index >= 15 is 0 Å². The average molecular weight is 254 g/mol. The van der Waals surface area contributed by atoms with E-state index in [-0.39, 0.29) is 6.61 Å². The maximum absolute atomic E-state index is 9.10. The summed E-state index contributed by atoms with van der Waals surface area (Å²) in [6.45, 7) is 3.72. The van der Waals surface area contributed by atoms with Crippen molar-refractivity contribution in [2.75, 3.05) is 20.8 Å². The van der Waals surface area contributed by atoms with Gasteiger partial charge >= 0.3 is 0 Å². The first-order valence-electron chi connectivity index (χ1n) is 5.82. The molecule has 0 fully saturated rings. The van der Waals surface area contributed by atoms with Gasteiger partial charge in [0.1, 0.15) is 11.5 Å². The summed E-state index contributed by atoms with van der Waals surface area (Å²) < 4.78 is 10.7. The van der Waals surface area contributed by atoms with Crippen LogP contribution in [0.25, 0.3) is 0 Å². The van der Waals surface area contributed by atoms with Crippen molar-refractivity contribution >= 4 is 0 Å². The Bertz CT molecular complexity index is 421. The van der Waals surface area contributed by atoms with Crippen LogP contribution in [0.15, 0.2) is 6.07 Å². The van der Waals surface area contributed by atoms with Crippen molar-refractivity contribution in [2.24, 2.45) is 11.5 Å². The molecule has 18 heavy (non-hydrogen) atoms. The highest BCUT2D eigenvalue weighted by atomic mass is 16.5. The summed E-state index contributed by atoms with van der Waals surface area (Å²) in [6.07, 6.45) is 0. The van der Waals surface area contributed by atoms with Gasteiger partial charge in [0.2, 0.25) is 0 Å². The van der Waals surface area contributed by atoms with Crippen molar-refractivity contribution in [2.45, 2.75) is 25.9 Å². The molecule has 1 aromatic rings. The standard InChI is InChI=1S/C13H22N2O3/c1-7-8(2)13(18-4)9(5-11(7)17-3)12(15)10(14)6-16/h5,10,12,16H,6,14-15H2,1-4H3. The third-order valence-corrected chi connectivity index (χ3v) is 3.28.